The van der Waals surface area contributed by atoms with E-state index in [4.69, 9.17) is 0 Å². The molecule has 1 aliphatic heterocycles. The fraction of sp³-hybridized carbons (Fsp3) is 0.350. The van der Waals surface area contributed by atoms with E-state index in [-0.39, 0.29) is 11.7 Å². The van der Waals surface area contributed by atoms with Crippen LogP contribution in [0.1, 0.15) is 21.9 Å². The van der Waals surface area contributed by atoms with Crippen LogP contribution in [-0.4, -0.2) is 57.0 Å². The van der Waals surface area contributed by atoms with Gasteiger partial charge in [-0.15, -0.1) is 0 Å². The van der Waals surface area contributed by atoms with Crippen molar-refractivity contribution in [3.63, 3.8) is 0 Å². The van der Waals surface area contributed by atoms with Crippen LogP contribution in [0.5, 0.6) is 0 Å². The second-order valence-corrected chi connectivity index (χ2v) is 7.11. The van der Waals surface area contributed by atoms with Gasteiger partial charge >= 0.3 is 0 Å². The van der Waals surface area contributed by atoms with E-state index >= 15 is 0 Å². The summed E-state index contributed by atoms with van der Waals surface area (Å²) in [5.74, 6) is -0.333. The number of benzene rings is 1. The molecule has 3 aromatic rings. The van der Waals surface area contributed by atoms with Crippen LogP contribution in [0.25, 0.3) is 11.3 Å². The molecular formula is C20H23FN6O. The molecule has 0 bridgehead atoms. The fourth-order valence-corrected chi connectivity index (χ4v) is 3.74. The summed E-state index contributed by atoms with van der Waals surface area (Å²) in [6, 6.07) is 7.89. The number of carbonyl (C=O) groups is 1. The van der Waals surface area contributed by atoms with Crippen LogP contribution in [0.3, 0.4) is 0 Å². The van der Waals surface area contributed by atoms with E-state index in [9.17, 15) is 9.18 Å². The SMILES string of the molecule is Cc1n[nH]c(C)c1N1CCN(C(=O)c2cc(-c3ccc(F)cc3)nn2C)CC1. The predicted octanol–water partition coefficient (Wildman–Crippen LogP) is 2.53. The number of halogens is 1. The van der Waals surface area contributed by atoms with Gasteiger partial charge in [0.2, 0.25) is 0 Å². The van der Waals surface area contributed by atoms with Gasteiger partial charge in [-0.1, -0.05) is 0 Å². The predicted molar refractivity (Wildman–Crippen MR) is 105 cm³/mol. The van der Waals surface area contributed by atoms with Crippen LogP contribution in [0.4, 0.5) is 10.1 Å². The van der Waals surface area contributed by atoms with Crippen molar-refractivity contribution in [3.8, 4) is 11.3 Å². The number of carbonyl (C=O) groups excluding carboxylic acids is 1. The van der Waals surface area contributed by atoms with Crippen molar-refractivity contribution in [1.82, 2.24) is 24.9 Å². The number of aryl methyl sites for hydroxylation is 3. The van der Waals surface area contributed by atoms with Crippen molar-refractivity contribution in [2.45, 2.75) is 13.8 Å². The number of H-pyrrole nitrogens is 1. The molecule has 1 N–H and O–H groups in total. The monoisotopic (exact) mass is 382 g/mol. The molecule has 0 atom stereocenters. The highest BCUT2D eigenvalue weighted by Gasteiger charge is 2.26. The molecular weight excluding hydrogens is 359 g/mol. The number of aromatic amines is 1. The van der Waals surface area contributed by atoms with Crippen molar-refractivity contribution < 1.29 is 9.18 Å². The Morgan fingerprint density at radius 1 is 1.11 bits per heavy atom. The first kappa shape index (κ1) is 18.2. The Hall–Kier alpha value is -3.16. The van der Waals surface area contributed by atoms with Gasteiger partial charge < -0.3 is 9.80 Å². The zero-order valence-electron chi connectivity index (χ0n) is 16.2. The number of nitrogens with zero attached hydrogens (tertiary/aromatic N) is 5. The molecule has 146 valence electrons. The second kappa shape index (κ2) is 7.10. The largest absolute Gasteiger partial charge is 0.365 e. The lowest BCUT2D eigenvalue weighted by Crippen LogP contribution is -2.49. The lowest BCUT2D eigenvalue weighted by Gasteiger charge is -2.36. The molecule has 0 aliphatic carbocycles. The van der Waals surface area contributed by atoms with Crippen molar-refractivity contribution >= 4 is 11.6 Å². The molecule has 0 unspecified atom stereocenters. The van der Waals surface area contributed by atoms with Gasteiger partial charge in [0.1, 0.15) is 11.5 Å². The first-order chi connectivity index (χ1) is 13.4. The van der Waals surface area contributed by atoms with E-state index in [1.807, 2.05) is 18.7 Å². The average molecular weight is 382 g/mol. The van der Waals surface area contributed by atoms with E-state index in [0.717, 1.165) is 35.7 Å². The van der Waals surface area contributed by atoms with Gasteiger partial charge in [-0.25, -0.2) is 4.39 Å². The van der Waals surface area contributed by atoms with Crippen LogP contribution in [-0.2, 0) is 7.05 Å². The van der Waals surface area contributed by atoms with Crippen molar-refractivity contribution in [3.05, 3.63) is 53.2 Å². The zero-order chi connectivity index (χ0) is 19.8. The number of rotatable bonds is 3. The smallest absolute Gasteiger partial charge is 0.272 e. The van der Waals surface area contributed by atoms with Crippen LogP contribution in [0.2, 0.25) is 0 Å². The normalized spacial score (nSPS) is 14.6. The van der Waals surface area contributed by atoms with Crippen LogP contribution < -0.4 is 4.90 Å². The number of amides is 1. The standard InChI is InChI=1S/C20H23FN6O/c1-13-19(14(2)23-22-13)26-8-10-27(11-9-26)20(28)18-12-17(24-25(18)3)15-4-6-16(21)7-5-15/h4-7,12H,8-11H2,1-3H3,(H,22,23). The maximum absolute atomic E-state index is 13.1. The summed E-state index contributed by atoms with van der Waals surface area (Å²) in [7, 11) is 1.76. The minimum absolute atomic E-state index is 0.0383. The molecule has 1 fully saturated rings. The van der Waals surface area contributed by atoms with Gasteiger partial charge in [0.05, 0.1) is 22.8 Å². The molecule has 0 radical (unpaired) electrons. The van der Waals surface area contributed by atoms with E-state index in [1.54, 1.807) is 29.9 Å². The molecule has 1 amide bonds. The van der Waals surface area contributed by atoms with Crippen LogP contribution in [0, 0.1) is 19.7 Å². The van der Waals surface area contributed by atoms with E-state index in [1.165, 1.54) is 12.1 Å². The minimum atomic E-state index is -0.294. The number of aromatic nitrogens is 4. The van der Waals surface area contributed by atoms with Crippen LogP contribution in [0.15, 0.2) is 30.3 Å². The third kappa shape index (κ3) is 3.26. The molecule has 1 aromatic carbocycles. The summed E-state index contributed by atoms with van der Waals surface area (Å²) < 4.78 is 14.7. The number of hydrogen-bond acceptors (Lipinski definition) is 4. The third-order valence-electron chi connectivity index (χ3n) is 5.21. The molecule has 3 heterocycles. The Balaban J connectivity index is 1.48. The van der Waals surface area contributed by atoms with E-state index < -0.39 is 0 Å². The summed E-state index contributed by atoms with van der Waals surface area (Å²) in [5, 5.41) is 11.7. The maximum atomic E-state index is 13.1. The minimum Gasteiger partial charge on any atom is -0.365 e. The molecule has 28 heavy (non-hydrogen) atoms. The summed E-state index contributed by atoms with van der Waals surface area (Å²) in [4.78, 5) is 17.1. The van der Waals surface area contributed by atoms with Crippen molar-refractivity contribution in [1.29, 1.82) is 0 Å². The summed E-state index contributed by atoms with van der Waals surface area (Å²) in [5.41, 5.74) is 5.14. The fourth-order valence-electron chi connectivity index (χ4n) is 3.74. The molecule has 1 aliphatic rings. The maximum Gasteiger partial charge on any atom is 0.272 e. The number of piperazine rings is 1. The molecule has 4 rings (SSSR count). The second-order valence-electron chi connectivity index (χ2n) is 7.11. The van der Waals surface area contributed by atoms with Gasteiger partial charge in [0, 0.05) is 38.8 Å². The highest BCUT2D eigenvalue weighted by Crippen LogP contribution is 2.24. The summed E-state index contributed by atoms with van der Waals surface area (Å²) in [6.07, 6.45) is 0. The van der Waals surface area contributed by atoms with Gasteiger partial charge in [-0.2, -0.15) is 10.2 Å². The Morgan fingerprint density at radius 2 is 1.79 bits per heavy atom. The number of anilines is 1. The zero-order valence-corrected chi connectivity index (χ0v) is 16.2. The summed E-state index contributed by atoms with van der Waals surface area (Å²) >= 11 is 0. The Bertz CT molecular complexity index is 979. The first-order valence-electron chi connectivity index (χ1n) is 9.30. The highest BCUT2D eigenvalue weighted by molar-refractivity contribution is 5.94. The molecule has 0 spiro atoms. The van der Waals surface area contributed by atoms with Crippen LogP contribution >= 0.6 is 0 Å². The highest BCUT2D eigenvalue weighted by atomic mass is 19.1. The molecule has 0 saturated carbocycles. The quantitative estimate of drug-likeness (QED) is 0.756. The molecule has 7 nitrogen and oxygen atoms in total. The average Bonchev–Trinajstić information content (AvgIpc) is 3.24. The Kier molecular flexibility index (Phi) is 4.62. The van der Waals surface area contributed by atoms with E-state index in [2.05, 4.69) is 20.2 Å². The Labute approximate surface area is 162 Å². The topological polar surface area (TPSA) is 70.1 Å². The summed E-state index contributed by atoms with van der Waals surface area (Å²) in [6.45, 7) is 6.80. The number of nitrogens with one attached hydrogen (secondary N) is 1. The van der Waals surface area contributed by atoms with Gasteiger partial charge in [0.25, 0.3) is 5.91 Å². The number of hydrogen-bond donors (Lipinski definition) is 1. The molecule has 8 heteroatoms. The van der Waals surface area contributed by atoms with Gasteiger partial charge in [-0.05, 0) is 44.2 Å². The van der Waals surface area contributed by atoms with Crippen molar-refractivity contribution in [2.75, 3.05) is 31.1 Å². The molecule has 1 saturated heterocycles. The van der Waals surface area contributed by atoms with Crippen molar-refractivity contribution in [2.24, 2.45) is 7.05 Å². The van der Waals surface area contributed by atoms with Gasteiger partial charge in [0.15, 0.2) is 0 Å². The third-order valence-corrected chi connectivity index (χ3v) is 5.21. The first-order valence-corrected chi connectivity index (χ1v) is 9.30. The molecule has 2 aromatic heterocycles. The lowest BCUT2D eigenvalue weighted by atomic mass is 10.1. The van der Waals surface area contributed by atoms with Gasteiger partial charge in [-0.3, -0.25) is 14.6 Å². The lowest BCUT2D eigenvalue weighted by molar-refractivity contribution is 0.0735. The Morgan fingerprint density at radius 3 is 2.39 bits per heavy atom. The van der Waals surface area contributed by atoms with E-state index in [0.29, 0.717) is 24.5 Å².